The Bertz CT molecular complexity index is 227. The molecule has 88 valence electrons. The maximum Gasteiger partial charge on any atom is 0.255 e. The third kappa shape index (κ3) is 6.06. The molecule has 2 amide bonds. The van der Waals surface area contributed by atoms with Gasteiger partial charge in [-0.05, 0) is 11.8 Å². The van der Waals surface area contributed by atoms with Crippen LogP contribution in [0.2, 0.25) is 0 Å². The van der Waals surface area contributed by atoms with Gasteiger partial charge < -0.3 is 5.73 Å². The standard InChI is InChI=1S/C10H21N3O2/c1-6(2)5-8(14)12-13-10(15)9(11)7(3)4/h6-7,9H,5,11H2,1-4H3,(H,12,14)(H,13,15). The van der Waals surface area contributed by atoms with Crippen LogP contribution in [0.1, 0.15) is 34.1 Å². The molecule has 1 atom stereocenters. The molecule has 15 heavy (non-hydrogen) atoms. The molecule has 0 aliphatic rings. The summed E-state index contributed by atoms with van der Waals surface area (Å²) in [6.45, 7) is 7.56. The Balaban J connectivity index is 3.85. The summed E-state index contributed by atoms with van der Waals surface area (Å²) >= 11 is 0. The third-order valence-electron chi connectivity index (χ3n) is 1.94. The van der Waals surface area contributed by atoms with E-state index < -0.39 is 6.04 Å². The van der Waals surface area contributed by atoms with Gasteiger partial charge in [0.2, 0.25) is 5.91 Å². The molecular weight excluding hydrogens is 194 g/mol. The second-order valence-electron chi connectivity index (χ2n) is 4.41. The number of hydrazine groups is 1. The van der Waals surface area contributed by atoms with Crippen LogP contribution in [0.25, 0.3) is 0 Å². The number of hydrogen-bond acceptors (Lipinski definition) is 3. The maximum absolute atomic E-state index is 11.3. The Hall–Kier alpha value is -1.10. The van der Waals surface area contributed by atoms with Crippen LogP contribution in [0.5, 0.6) is 0 Å². The Labute approximate surface area is 90.8 Å². The Morgan fingerprint density at radius 1 is 1.13 bits per heavy atom. The van der Waals surface area contributed by atoms with Crippen molar-refractivity contribution >= 4 is 11.8 Å². The Kier molecular flexibility index (Phi) is 5.93. The number of carbonyl (C=O) groups is 2. The zero-order chi connectivity index (χ0) is 12.0. The monoisotopic (exact) mass is 215 g/mol. The lowest BCUT2D eigenvalue weighted by Gasteiger charge is -2.16. The van der Waals surface area contributed by atoms with Crippen molar-refractivity contribution < 1.29 is 9.59 Å². The Morgan fingerprint density at radius 3 is 2.07 bits per heavy atom. The van der Waals surface area contributed by atoms with Crippen LogP contribution in [0.15, 0.2) is 0 Å². The summed E-state index contributed by atoms with van der Waals surface area (Å²) in [5.74, 6) is -0.246. The summed E-state index contributed by atoms with van der Waals surface area (Å²) in [5, 5.41) is 0. The predicted molar refractivity (Wildman–Crippen MR) is 58.6 cm³/mol. The molecule has 0 aliphatic heterocycles. The van der Waals surface area contributed by atoms with Crippen molar-refractivity contribution in [3.8, 4) is 0 Å². The fourth-order valence-corrected chi connectivity index (χ4v) is 0.939. The highest BCUT2D eigenvalue weighted by molar-refractivity contribution is 5.85. The third-order valence-corrected chi connectivity index (χ3v) is 1.94. The molecule has 0 aromatic rings. The van der Waals surface area contributed by atoms with E-state index >= 15 is 0 Å². The van der Waals surface area contributed by atoms with Crippen molar-refractivity contribution in [2.45, 2.75) is 40.2 Å². The molecule has 0 bridgehead atoms. The summed E-state index contributed by atoms with van der Waals surface area (Å²) in [5.41, 5.74) is 10.2. The molecule has 0 spiro atoms. The van der Waals surface area contributed by atoms with Crippen LogP contribution in [0.3, 0.4) is 0 Å². The van der Waals surface area contributed by atoms with E-state index in [2.05, 4.69) is 10.9 Å². The van der Waals surface area contributed by atoms with Gasteiger partial charge in [0.05, 0.1) is 6.04 Å². The molecule has 5 heteroatoms. The van der Waals surface area contributed by atoms with Gasteiger partial charge in [-0.1, -0.05) is 27.7 Å². The average molecular weight is 215 g/mol. The van der Waals surface area contributed by atoms with Gasteiger partial charge in [-0.15, -0.1) is 0 Å². The van der Waals surface area contributed by atoms with Crippen LogP contribution in [-0.4, -0.2) is 17.9 Å². The quantitative estimate of drug-likeness (QED) is 0.584. The van der Waals surface area contributed by atoms with Crippen molar-refractivity contribution in [1.82, 2.24) is 10.9 Å². The summed E-state index contributed by atoms with van der Waals surface area (Å²) in [6.07, 6.45) is 0.386. The van der Waals surface area contributed by atoms with E-state index in [1.165, 1.54) is 0 Å². The summed E-state index contributed by atoms with van der Waals surface area (Å²) in [7, 11) is 0. The minimum atomic E-state index is -0.593. The molecule has 1 unspecified atom stereocenters. The fourth-order valence-electron chi connectivity index (χ4n) is 0.939. The molecule has 0 fully saturated rings. The summed E-state index contributed by atoms with van der Waals surface area (Å²) in [4.78, 5) is 22.5. The first-order valence-electron chi connectivity index (χ1n) is 5.18. The van der Waals surface area contributed by atoms with E-state index in [4.69, 9.17) is 5.73 Å². The first kappa shape index (κ1) is 13.9. The summed E-state index contributed by atoms with van der Waals surface area (Å²) < 4.78 is 0. The topological polar surface area (TPSA) is 84.2 Å². The lowest BCUT2D eigenvalue weighted by Crippen LogP contribution is -2.51. The predicted octanol–water partition coefficient (Wildman–Crippen LogP) is 0.163. The molecule has 0 aromatic heterocycles. The van der Waals surface area contributed by atoms with Gasteiger partial charge in [0, 0.05) is 6.42 Å². The fraction of sp³-hybridized carbons (Fsp3) is 0.800. The zero-order valence-electron chi connectivity index (χ0n) is 9.83. The molecule has 4 N–H and O–H groups in total. The number of nitrogens with one attached hydrogen (secondary N) is 2. The number of nitrogens with two attached hydrogens (primary N) is 1. The number of rotatable bonds is 4. The van der Waals surface area contributed by atoms with Crippen molar-refractivity contribution in [2.24, 2.45) is 17.6 Å². The molecule has 0 saturated carbocycles. The van der Waals surface area contributed by atoms with E-state index in [1.54, 1.807) is 0 Å². The van der Waals surface area contributed by atoms with Crippen molar-refractivity contribution in [1.29, 1.82) is 0 Å². The maximum atomic E-state index is 11.3. The highest BCUT2D eigenvalue weighted by Crippen LogP contribution is 1.98. The van der Waals surface area contributed by atoms with E-state index in [0.717, 1.165) is 0 Å². The molecule has 0 radical (unpaired) electrons. The van der Waals surface area contributed by atoms with Crippen LogP contribution >= 0.6 is 0 Å². The van der Waals surface area contributed by atoms with Crippen LogP contribution in [-0.2, 0) is 9.59 Å². The number of amides is 2. The van der Waals surface area contributed by atoms with Gasteiger partial charge in [0.25, 0.3) is 5.91 Å². The molecule has 0 heterocycles. The van der Waals surface area contributed by atoms with E-state index in [9.17, 15) is 9.59 Å². The van der Waals surface area contributed by atoms with E-state index in [1.807, 2.05) is 27.7 Å². The largest absolute Gasteiger partial charge is 0.320 e. The second kappa shape index (κ2) is 6.40. The summed E-state index contributed by atoms with van der Waals surface area (Å²) in [6, 6.07) is -0.593. The van der Waals surface area contributed by atoms with Crippen LogP contribution in [0.4, 0.5) is 0 Å². The highest BCUT2D eigenvalue weighted by atomic mass is 16.2. The normalized spacial score (nSPS) is 12.7. The van der Waals surface area contributed by atoms with Gasteiger partial charge in [-0.25, -0.2) is 0 Å². The molecule has 5 nitrogen and oxygen atoms in total. The van der Waals surface area contributed by atoms with Gasteiger partial charge in [-0.3, -0.25) is 20.4 Å². The second-order valence-corrected chi connectivity index (χ2v) is 4.41. The van der Waals surface area contributed by atoms with Gasteiger partial charge in [0.15, 0.2) is 0 Å². The van der Waals surface area contributed by atoms with Crippen molar-refractivity contribution in [3.63, 3.8) is 0 Å². The van der Waals surface area contributed by atoms with E-state index in [-0.39, 0.29) is 23.7 Å². The highest BCUT2D eigenvalue weighted by Gasteiger charge is 2.17. The molecule has 0 aliphatic carbocycles. The van der Waals surface area contributed by atoms with Gasteiger partial charge in [-0.2, -0.15) is 0 Å². The van der Waals surface area contributed by atoms with E-state index in [0.29, 0.717) is 6.42 Å². The molecule has 0 aromatic carbocycles. The minimum Gasteiger partial charge on any atom is -0.320 e. The minimum absolute atomic E-state index is 0.0481. The Morgan fingerprint density at radius 2 is 1.67 bits per heavy atom. The number of carbonyl (C=O) groups excluding carboxylic acids is 2. The first-order chi connectivity index (χ1) is 6.84. The lowest BCUT2D eigenvalue weighted by molar-refractivity contribution is -0.130. The zero-order valence-corrected chi connectivity index (χ0v) is 9.83. The van der Waals surface area contributed by atoms with Gasteiger partial charge in [0.1, 0.15) is 0 Å². The number of hydrogen-bond donors (Lipinski definition) is 3. The SMILES string of the molecule is CC(C)CC(=O)NNC(=O)C(N)C(C)C. The molecule has 0 rings (SSSR count). The average Bonchev–Trinajstić information content (AvgIpc) is 2.11. The van der Waals surface area contributed by atoms with Crippen molar-refractivity contribution in [2.75, 3.05) is 0 Å². The smallest absolute Gasteiger partial charge is 0.255 e. The van der Waals surface area contributed by atoms with Crippen LogP contribution < -0.4 is 16.6 Å². The first-order valence-corrected chi connectivity index (χ1v) is 5.18. The van der Waals surface area contributed by atoms with Crippen molar-refractivity contribution in [3.05, 3.63) is 0 Å². The molecular formula is C10H21N3O2. The van der Waals surface area contributed by atoms with Gasteiger partial charge >= 0.3 is 0 Å². The van der Waals surface area contributed by atoms with Crippen LogP contribution in [0, 0.1) is 11.8 Å². The lowest BCUT2D eigenvalue weighted by atomic mass is 10.1. The molecule has 0 saturated heterocycles.